The maximum absolute atomic E-state index is 13.9. The lowest BCUT2D eigenvalue weighted by molar-refractivity contribution is 0.0605. The third-order valence-electron chi connectivity index (χ3n) is 9.50. The highest BCUT2D eigenvalue weighted by molar-refractivity contribution is 6.25. The number of carbonyl (C=O) groups is 2. The van der Waals surface area contributed by atoms with Crippen LogP contribution in [0.5, 0.6) is 0 Å². The number of aromatic nitrogens is 2. The summed E-state index contributed by atoms with van der Waals surface area (Å²) in [4.78, 5) is 73.0. The minimum Gasteiger partial charge on any atom is -0.384 e. The van der Waals surface area contributed by atoms with E-state index in [-0.39, 0.29) is 36.2 Å². The zero-order valence-electron chi connectivity index (χ0n) is 28.3. The number of nitrogens with zero attached hydrogens (tertiary/aromatic N) is 5. The third-order valence-corrected chi connectivity index (χ3v) is 9.50. The van der Waals surface area contributed by atoms with Crippen LogP contribution in [0.25, 0.3) is 38.0 Å². The second-order valence-corrected chi connectivity index (χ2v) is 13.0. The number of halogens is 1. The topological polar surface area (TPSA) is 116 Å². The number of anilines is 1. The van der Waals surface area contributed by atoms with Crippen LogP contribution in [0.1, 0.15) is 33.6 Å². The Morgan fingerprint density at radius 1 is 0.680 bits per heavy atom. The molecule has 1 N–H and O–H groups in total. The van der Waals surface area contributed by atoms with Crippen molar-refractivity contribution in [2.75, 3.05) is 59.2 Å². The van der Waals surface area contributed by atoms with Crippen molar-refractivity contribution >= 4 is 67.9 Å². The van der Waals surface area contributed by atoms with Crippen molar-refractivity contribution in [2.45, 2.75) is 19.4 Å². The lowest BCUT2D eigenvalue weighted by atomic mass is 9.94. The molecular formula is C38H39ClN6O5. The Bertz CT molecular complexity index is 2410. The summed E-state index contributed by atoms with van der Waals surface area (Å²) in [5.74, 6) is -0.508. The average Bonchev–Trinajstić information content (AvgIpc) is 3.10. The molecule has 258 valence electrons. The highest BCUT2D eigenvalue weighted by Crippen LogP contribution is 2.30. The number of amides is 2. The quantitative estimate of drug-likeness (QED) is 0.0881. The van der Waals surface area contributed by atoms with Gasteiger partial charge in [0, 0.05) is 53.8 Å². The molecule has 2 amide bonds. The smallest absolute Gasteiger partial charge is 0.336 e. The summed E-state index contributed by atoms with van der Waals surface area (Å²) in [5.41, 5.74) is 1.41. The van der Waals surface area contributed by atoms with E-state index in [4.69, 9.17) is 0 Å². The van der Waals surface area contributed by atoms with E-state index in [1.165, 1.54) is 13.9 Å². The van der Waals surface area contributed by atoms with Crippen LogP contribution in [0.2, 0.25) is 0 Å². The van der Waals surface area contributed by atoms with E-state index in [1.807, 2.05) is 50.3 Å². The van der Waals surface area contributed by atoms with Gasteiger partial charge in [-0.15, -0.1) is 12.4 Å². The summed E-state index contributed by atoms with van der Waals surface area (Å²) in [6.07, 6.45) is 1.38. The van der Waals surface area contributed by atoms with Gasteiger partial charge in [0.15, 0.2) is 5.43 Å². The van der Waals surface area contributed by atoms with Gasteiger partial charge in [-0.2, -0.15) is 0 Å². The maximum atomic E-state index is 13.9. The minimum absolute atomic E-state index is 0. The first-order chi connectivity index (χ1) is 23.7. The van der Waals surface area contributed by atoms with Gasteiger partial charge in [0.1, 0.15) is 0 Å². The van der Waals surface area contributed by atoms with Gasteiger partial charge in [0.25, 0.3) is 17.4 Å². The minimum atomic E-state index is -0.464. The summed E-state index contributed by atoms with van der Waals surface area (Å²) in [6.45, 7) is 3.04. The Morgan fingerprint density at radius 3 is 2.06 bits per heavy atom. The molecule has 0 saturated carbocycles. The largest absolute Gasteiger partial charge is 0.384 e. The zero-order chi connectivity index (χ0) is 34.4. The molecule has 1 aliphatic heterocycles. The van der Waals surface area contributed by atoms with Crippen LogP contribution in [0.3, 0.4) is 0 Å². The molecule has 0 fully saturated rings. The van der Waals surface area contributed by atoms with Crippen LogP contribution in [-0.4, -0.2) is 89.3 Å². The summed E-state index contributed by atoms with van der Waals surface area (Å²) < 4.78 is 2.76. The van der Waals surface area contributed by atoms with Crippen LogP contribution in [0, 0.1) is 0 Å². The number of hydrogen-bond donors (Lipinski definition) is 1. The Morgan fingerprint density at radius 2 is 1.36 bits per heavy atom. The molecular weight excluding hydrogens is 656 g/mol. The van der Waals surface area contributed by atoms with Gasteiger partial charge >= 0.3 is 5.69 Å². The molecule has 0 radical (unpaired) electrons. The number of hydrogen-bond acceptors (Lipinski definition) is 8. The van der Waals surface area contributed by atoms with E-state index in [0.717, 1.165) is 23.7 Å². The number of fused-ring (bicyclic) bond motifs is 2. The number of imide groups is 1. The summed E-state index contributed by atoms with van der Waals surface area (Å²) in [5, 5.41) is 6.07. The monoisotopic (exact) mass is 694 g/mol. The number of benzene rings is 4. The van der Waals surface area contributed by atoms with Crippen LogP contribution in [-0.2, 0) is 6.54 Å². The molecule has 3 heterocycles. The number of rotatable bonds is 12. The molecule has 0 unspecified atom stereocenters. The number of carbonyl (C=O) groups excluding carboxylic acids is 2. The first kappa shape index (κ1) is 34.8. The number of pyridine rings is 1. The Hall–Kier alpha value is -5.10. The van der Waals surface area contributed by atoms with Gasteiger partial charge in [0.05, 0.1) is 21.8 Å². The van der Waals surface area contributed by atoms with Crippen LogP contribution >= 0.6 is 12.4 Å². The number of nitrogens with one attached hydrogen (secondary N) is 1. The van der Waals surface area contributed by atoms with Crippen LogP contribution in [0.15, 0.2) is 87.2 Å². The van der Waals surface area contributed by atoms with Crippen molar-refractivity contribution < 1.29 is 9.59 Å². The summed E-state index contributed by atoms with van der Waals surface area (Å²) in [6, 6.07) is 21.5. The second kappa shape index (κ2) is 14.0. The van der Waals surface area contributed by atoms with E-state index in [1.54, 1.807) is 48.5 Å². The Kier molecular flexibility index (Phi) is 9.75. The van der Waals surface area contributed by atoms with Crippen molar-refractivity contribution in [1.82, 2.24) is 23.7 Å². The maximum Gasteiger partial charge on any atom is 0.336 e. The van der Waals surface area contributed by atoms with Gasteiger partial charge in [-0.25, -0.2) is 4.79 Å². The molecule has 7 rings (SSSR count). The lowest BCUT2D eigenvalue weighted by Crippen LogP contribution is -2.41. The normalized spacial score (nSPS) is 13.0. The molecule has 0 atom stereocenters. The molecule has 50 heavy (non-hydrogen) atoms. The molecule has 0 saturated heterocycles. The van der Waals surface area contributed by atoms with E-state index in [9.17, 15) is 24.0 Å². The first-order valence-electron chi connectivity index (χ1n) is 16.6. The fourth-order valence-electron chi connectivity index (χ4n) is 7.00. The predicted molar refractivity (Wildman–Crippen MR) is 201 cm³/mol. The molecule has 11 nitrogen and oxygen atoms in total. The van der Waals surface area contributed by atoms with E-state index in [0.29, 0.717) is 76.6 Å². The molecule has 2 aromatic heterocycles. The number of likely N-dealkylation sites (N-methyl/N-ethyl adjacent to an activating group) is 1. The molecule has 12 heteroatoms. The van der Waals surface area contributed by atoms with Crippen molar-refractivity contribution in [3.63, 3.8) is 0 Å². The highest BCUT2D eigenvalue weighted by Gasteiger charge is 2.32. The predicted octanol–water partition coefficient (Wildman–Crippen LogP) is 4.12. The second-order valence-electron chi connectivity index (χ2n) is 13.0. The highest BCUT2D eigenvalue weighted by atomic mass is 35.5. The van der Waals surface area contributed by atoms with Gasteiger partial charge < -0.3 is 15.1 Å². The van der Waals surface area contributed by atoms with Crippen molar-refractivity contribution in [2.24, 2.45) is 0 Å². The van der Waals surface area contributed by atoms with Gasteiger partial charge in [-0.05, 0) is 88.9 Å². The lowest BCUT2D eigenvalue weighted by Gasteiger charge is -2.28. The van der Waals surface area contributed by atoms with E-state index in [2.05, 4.69) is 10.2 Å². The van der Waals surface area contributed by atoms with Crippen LogP contribution in [0.4, 0.5) is 5.69 Å². The molecule has 6 aromatic rings. The summed E-state index contributed by atoms with van der Waals surface area (Å²) in [7, 11) is 5.76. The average molecular weight is 695 g/mol. The van der Waals surface area contributed by atoms with Crippen molar-refractivity contribution in [3.8, 4) is 0 Å². The SMILES string of the molecule is CN(C)CCn1c(=O)c2ccc(NCCCN(C)CCCN3C(=O)c4cccc5cccc(c45)C3=O)c3c(=O)c4ccccc4n(c1=O)c23.Cl. The van der Waals surface area contributed by atoms with Gasteiger partial charge in [-0.1, -0.05) is 36.4 Å². The van der Waals surface area contributed by atoms with Crippen molar-refractivity contribution in [1.29, 1.82) is 0 Å². The molecule has 4 aromatic carbocycles. The Balaban J connectivity index is 0.00000432. The summed E-state index contributed by atoms with van der Waals surface area (Å²) >= 11 is 0. The first-order valence-corrected chi connectivity index (χ1v) is 16.6. The van der Waals surface area contributed by atoms with E-state index < -0.39 is 11.2 Å². The van der Waals surface area contributed by atoms with Crippen molar-refractivity contribution in [3.05, 3.63) is 115 Å². The van der Waals surface area contributed by atoms with E-state index >= 15 is 0 Å². The third kappa shape index (κ3) is 5.91. The standard InChI is InChI=1S/C38H38N6O5.ClH/c1-40(2)22-23-43-37(48)28-16-17-29(32-33(28)44(38(43)49)30-15-5-4-12-25(30)34(32)45)39-18-8-19-41(3)20-9-21-42-35(46)26-13-6-10-24-11-7-14-27(31(24)26)36(42)47;/h4-7,10-17,39H,8-9,18-23H2,1-3H3;1H. The van der Waals surface area contributed by atoms with Gasteiger partial charge in [0.2, 0.25) is 0 Å². The van der Waals surface area contributed by atoms with Gasteiger partial charge in [-0.3, -0.25) is 33.0 Å². The molecule has 0 bridgehead atoms. The van der Waals surface area contributed by atoms with Crippen LogP contribution < -0.4 is 22.0 Å². The zero-order valence-corrected chi connectivity index (χ0v) is 29.1. The fourth-order valence-corrected chi connectivity index (χ4v) is 7.00. The molecule has 1 aliphatic rings. The molecule has 0 aliphatic carbocycles. The number of para-hydroxylation sites is 1. The Labute approximate surface area is 294 Å². The molecule has 0 spiro atoms. The fraction of sp³-hybridized carbons (Fsp3) is 0.289.